The van der Waals surface area contributed by atoms with Gasteiger partial charge in [-0.05, 0) is 18.4 Å². The quantitative estimate of drug-likeness (QED) is 0.906. The van der Waals surface area contributed by atoms with E-state index in [0.29, 0.717) is 5.82 Å². The molecule has 5 heteroatoms. The molecule has 108 valence electrons. The van der Waals surface area contributed by atoms with Crippen LogP contribution in [0.2, 0.25) is 0 Å². The lowest BCUT2D eigenvalue weighted by Crippen LogP contribution is -2.30. The van der Waals surface area contributed by atoms with Crippen LogP contribution in [-0.2, 0) is 5.41 Å². The molecule has 1 heterocycles. The Morgan fingerprint density at radius 3 is 2.62 bits per heavy atom. The van der Waals surface area contributed by atoms with Crippen LogP contribution in [0.25, 0.3) is 0 Å². The monoisotopic (exact) mass is 282 g/mol. The fourth-order valence-electron chi connectivity index (χ4n) is 2.67. The standard InChI is InChI=1S/C16H18N4O/c1-20(14-10-18-9-13(19-14)15(17)21)11-16(7-8-16)12-5-3-2-4-6-12/h2-6,9-10H,7-8,11H2,1H3,(H2,17,21). The van der Waals surface area contributed by atoms with Gasteiger partial charge in [0.2, 0.25) is 0 Å². The summed E-state index contributed by atoms with van der Waals surface area (Å²) in [6.07, 6.45) is 5.39. The summed E-state index contributed by atoms with van der Waals surface area (Å²) in [4.78, 5) is 21.5. The van der Waals surface area contributed by atoms with Gasteiger partial charge in [-0.2, -0.15) is 0 Å². The number of likely N-dealkylation sites (N-methyl/N-ethyl adjacent to an activating group) is 1. The Morgan fingerprint density at radius 2 is 2.00 bits per heavy atom. The van der Waals surface area contributed by atoms with E-state index >= 15 is 0 Å². The van der Waals surface area contributed by atoms with Gasteiger partial charge in [0.1, 0.15) is 11.5 Å². The van der Waals surface area contributed by atoms with E-state index in [-0.39, 0.29) is 11.1 Å². The summed E-state index contributed by atoms with van der Waals surface area (Å²) in [5.41, 5.74) is 7.00. The van der Waals surface area contributed by atoms with E-state index in [2.05, 4.69) is 34.2 Å². The van der Waals surface area contributed by atoms with Gasteiger partial charge in [0.25, 0.3) is 5.91 Å². The lowest BCUT2D eigenvalue weighted by atomic mass is 9.95. The second-order valence-electron chi connectivity index (χ2n) is 5.63. The van der Waals surface area contributed by atoms with Crippen molar-refractivity contribution in [1.29, 1.82) is 0 Å². The van der Waals surface area contributed by atoms with Crippen molar-refractivity contribution in [2.75, 3.05) is 18.5 Å². The smallest absolute Gasteiger partial charge is 0.268 e. The molecule has 0 bridgehead atoms. The highest BCUT2D eigenvalue weighted by molar-refractivity contribution is 5.90. The van der Waals surface area contributed by atoms with Gasteiger partial charge in [0.05, 0.1) is 12.4 Å². The SMILES string of the molecule is CN(CC1(c2ccccc2)CC1)c1cncc(C(N)=O)n1. The first-order chi connectivity index (χ1) is 10.1. The lowest BCUT2D eigenvalue weighted by Gasteiger charge is -2.25. The van der Waals surface area contributed by atoms with Gasteiger partial charge in [0.15, 0.2) is 0 Å². The van der Waals surface area contributed by atoms with E-state index in [4.69, 9.17) is 5.73 Å². The molecule has 2 N–H and O–H groups in total. The highest BCUT2D eigenvalue weighted by Crippen LogP contribution is 2.48. The van der Waals surface area contributed by atoms with E-state index in [1.807, 2.05) is 18.0 Å². The summed E-state index contributed by atoms with van der Waals surface area (Å²) in [7, 11) is 1.97. The van der Waals surface area contributed by atoms with E-state index in [9.17, 15) is 4.79 Å². The fourth-order valence-corrected chi connectivity index (χ4v) is 2.67. The Hall–Kier alpha value is -2.43. The van der Waals surface area contributed by atoms with Crippen LogP contribution in [0.3, 0.4) is 0 Å². The molecule has 1 aliphatic carbocycles. The molecule has 0 saturated heterocycles. The Morgan fingerprint density at radius 1 is 1.29 bits per heavy atom. The number of carbonyl (C=O) groups is 1. The third kappa shape index (κ3) is 2.72. The number of nitrogens with zero attached hydrogens (tertiary/aromatic N) is 3. The molecule has 0 unspecified atom stereocenters. The van der Waals surface area contributed by atoms with Crippen molar-refractivity contribution in [3.05, 3.63) is 54.0 Å². The van der Waals surface area contributed by atoms with Gasteiger partial charge in [-0.25, -0.2) is 4.98 Å². The molecule has 2 aromatic rings. The summed E-state index contributed by atoms with van der Waals surface area (Å²) in [5, 5.41) is 0. The van der Waals surface area contributed by atoms with Crippen molar-refractivity contribution in [1.82, 2.24) is 9.97 Å². The first kappa shape index (κ1) is 13.5. The Balaban J connectivity index is 1.79. The van der Waals surface area contributed by atoms with E-state index in [0.717, 1.165) is 6.54 Å². The van der Waals surface area contributed by atoms with E-state index < -0.39 is 5.91 Å². The summed E-state index contributed by atoms with van der Waals surface area (Å²) >= 11 is 0. The fraction of sp³-hybridized carbons (Fsp3) is 0.312. The van der Waals surface area contributed by atoms with Crippen molar-refractivity contribution in [3.63, 3.8) is 0 Å². The number of carbonyl (C=O) groups excluding carboxylic acids is 1. The Kier molecular flexibility index (Phi) is 3.33. The molecule has 0 spiro atoms. The predicted octanol–water partition coefficient (Wildman–Crippen LogP) is 1.74. The molecule has 1 saturated carbocycles. The minimum Gasteiger partial charge on any atom is -0.364 e. The van der Waals surface area contributed by atoms with Gasteiger partial charge >= 0.3 is 0 Å². The number of aromatic nitrogens is 2. The molecular formula is C16H18N4O. The highest BCUT2D eigenvalue weighted by atomic mass is 16.1. The second kappa shape index (κ2) is 5.16. The van der Waals surface area contributed by atoms with Crippen LogP contribution in [0.15, 0.2) is 42.7 Å². The number of nitrogens with two attached hydrogens (primary N) is 1. The summed E-state index contributed by atoms with van der Waals surface area (Å²) in [6.45, 7) is 0.855. The van der Waals surface area contributed by atoms with Crippen LogP contribution < -0.4 is 10.6 Å². The second-order valence-corrected chi connectivity index (χ2v) is 5.63. The van der Waals surface area contributed by atoms with Crippen LogP contribution in [-0.4, -0.2) is 29.5 Å². The number of benzene rings is 1. The molecule has 1 aromatic heterocycles. The molecule has 0 radical (unpaired) electrons. The maximum Gasteiger partial charge on any atom is 0.268 e. The molecule has 1 aliphatic rings. The maximum atomic E-state index is 11.2. The van der Waals surface area contributed by atoms with E-state index in [1.165, 1.54) is 24.6 Å². The van der Waals surface area contributed by atoms with Crippen molar-refractivity contribution >= 4 is 11.7 Å². The number of hydrogen-bond donors (Lipinski definition) is 1. The molecule has 1 aromatic carbocycles. The molecule has 3 rings (SSSR count). The van der Waals surface area contributed by atoms with Crippen molar-refractivity contribution < 1.29 is 4.79 Å². The van der Waals surface area contributed by atoms with Gasteiger partial charge in [-0.15, -0.1) is 0 Å². The van der Waals surface area contributed by atoms with Gasteiger partial charge < -0.3 is 10.6 Å². The number of amides is 1. The molecule has 0 aliphatic heterocycles. The maximum absolute atomic E-state index is 11.2. The average molecular weight is 282 g/mol. The Labute approximate surface area is 123 Å². The number of rotatable bonds is 5. The topological polar surface area (TPSA) is 72.1 Å². The van der Waals surface area contributed by atoms with Crippen molar-refractivity contribution in [2.24, 2.45) is 5.73 Å². The third-order valence-corrected chi connectivity index (χ3v) is 4.04. The molecule has 1 amide bonds. The van der Waals surface area contributed by atoms with Gasteiger partial charge in [0, 0.05) is 19.0 Å². The van der Waals surface area contributed by atoms with Crippen LogP contribution in [0.4, 0.5) is 5.82 Å². The van der Waals surface area contributed by atoms with Crippen LogP contribution in [0.1, 0.15) is 28.9 Å². The zero-order chi connectivity index (χ0) is 14.9. The summed E-state index contributed by atoms with van der Waals surface area (Å²) in [5.74, 6) is 0.121. The molecule has 1 fully saturated rings. The van der Waals surface area contributed by atoms with Crippen LogP contribution >= 0.6 is 0 Å². The van der Waals surface area contributed by atoms with Crippen LogP contribution in [0.5, 0.6) is 0 Å². The third-order valence-electron chi connectivity index (χ3n) is 4.04. The zero-order valence-corrected chi connectivity index (χ0v) is 12.0. The highest BCUT2D eigenvalue weighted by Gasteiger charge is 2.45. The number of hydrogen-bond acceptors (Lipinski definition) is 4. The predicted molar refractivity (Wildman–Crippen MR) is 81.2 cm³/mol. The first-order valence-electron chi connectivity index (χ1n) is 6.99. The van der Waals surface area contributed by atoms with Crippen molar-refractivity contribution in [2.45, 2.75) is 18.3 Å². The minimum atomic E-state index is -0.554. The molecule has 21 heavy (non-hydrogen) atoms. The minimum absolute atomic E-state index is 0.195. The van der Waals surface area contributed by atoms with Gasteiger partial charge in [-0.1, -0.05) is 30.3 Å². The molecular weight excluding hydrogens is 264 g/mol. The van der Waals surface area contributed by atoms with Crippen LogP contribution in [0, 0.1) is 0 Å². The number of primary amides is 1. The Bertz CT molecular complexity index is 652. The summed E-state index contributed by atoms with van der Waals surface area (Å²) in [6, 6.07) is 10.5. The molecule has 5 nitrogen and oxygen atoms in total. The average Bonchev–Trinajstić information content (AvgIpc) is 3.29. The zero-order valence-electron chi connectivity index (χ0n) is 12.0. The first-order valence-corrected chi connectivity index (χ1v) is 6.99. The molecule has 0 atom stereocenters. The summed E-state index contributed by atoms with van der Waals surface area (Å²) < 4.78 is 0. The number of anilines is 1. The normalized spacial score (nSPS) is 15.5. The van der Waals surface area contributed by atoms with Crippen molar-refractivity contribution in [3.8, 4) is 0 Å². The van der Waals surface area contributed by atoms with Gasteiger partial charge in [-0.3, -0.25) is 9.78 Å². The lowest BCUT2D eigenvalue weighted by molar-refractivity contribution is 0.0995. The van der Waals surface area contributed by atoms with E-state index in [1.54, 1.807) is 6.20 Å². The largest absolute Gasteiger partial charge is 0.364 e.